The Morgan fingerprint density at radius 3 is 2.55 bits per heavy atom. The molecular weight excluding hydrogens is 392 g/mol. The van der Waals surface area contributed by atoms with Crippen molar-refractivity contribution in [2.45, 2.75) is 25.2 Å². The highest BCUT2D eigenvalue weighted by atomic mass is 19.4. The zero-order valence-electron chi connectivity index (χ0n) is 15.0. The SMILES string of the molecule is C[C@@H](NC(=O)c1cc(-c2ccc(F)cn2)cc(C(O)C(F)(F)F)c1)c1ccn[nH]1. The Labute approximate surface area is 162 Å². The molecule has 2 aromatic heterocycles. The average Bonchev–Trinajstić information content (AvgIpc) is 3.22. The van der Waals surface area contributed by atoms with Gasteiger partial charge in [-0.2, -0.15) is 18.3 Å². The molecule has 1 unspecified atom stereocenters. The molecule has 3 rings (SSSR count). The van der Waals surface area contributed by atoms with Crippen molar-refractivity contribution in [3.8, 4) is 11.3 Å². The highest BCUT2D eigenvalue weighted by Gasteiger charge is 2.39. The third kappa shape index (κ3) is 4.77. The van der Waals surface area contributed by atoms with Crippen molar-refractivity contribution in [1.82, 2.24) is 20.5 Å². The summed E-state index contributed by atoms with van der Waals surface area (Å²) in [6, 6.07) is 6.85. The fourth-order valence-corrected chi connectivity index (χ4v) is 2.69. The van der Waals surface area contributed by atoms with Crippen LogP contribution < -0.4 is 5.32 Å². The molecule has 0 aliphatic rings. The van der Waals surface area contributed by atoms with Gasteiger partial charge in [0.2, 0.25) is 0 Å². The number of hydrogen-bond acceptors (Lipinski definition) is 4. The van der Waals surface area contributed by atoms with Gasteiger partial charge in [0.25, 0.3) is 5.91 Å². The molecule has 1 aromatic carbocycles. The summed E-state index contributed by atoms with van der Waals surface area (Å²) in [5, 5.41) is 18.8. The van der Waals surface area contributed by atoms with E-state index in [-0.39, 0.29) is 16.8 Å². The van der Waals surface area contributed by atoms with Crippen molar-refractivity contribution in [2.75, 3.05) is 0 Å². The van der Waals surface area contributed by atoms with Gasteiger partial charge in [0.15, 0.2) is 6.10 Å². The molecule has 3 N–H and O–H groups in total. The third-order valence-corrected chi connectivity index (χ3v) is 4.20. The van der Waals surface area contributed by atoms with E-state index in [0.29, 0.717) is 5.69 Å². The van der Waals surface area contributed by atoms with Crippen LogP contribution in [0, 0.1) is 5.82 Å². The first-order valence-corrected chi connectivity index (χ1v) is 8.47. The molecule has 0 radical (unpaired) electrons. The van der Waals surface area contributed by atoms with Crippen LogP contribution >= 0.6 is 0 Å². The molecule has 0 spiro atoms. The fraction of sp³-hybridized carbons (Fsp3) is 0.211. The second-order valence-electron chi connectivity index (χ2n) is 6.36. The molecule has 0 saturated carbocycles. The minimum Gasteiger partial charge on any atom is -0.379 e. The Morgan fingerprint density at radius 2 is 1.97 bits per heavy atom. The molecule has 0 aliphatic carbocycles. The van der Waals surface area contributed by atoms with Gasteiger partial charge in [-0.25, -0.2) is 4.39 Å². The van der Waals surface area contributed by atoms with Crippen molar-refractivity contribution in [1.29, 1.82) is 0 Å². The largest absolute Gasteiger partial charge is 0.418 e. The summed E-state index contributed by atoms with van der Waals surface area (Å²) >= 11 is 0. The van der Waals surface area contributed by atoms with Crippen LogP contribution in [0.4, 0.5) is 17.6 Å². The predicted octanol–water partition coefficient (Wildman–Crippen LogP) is 3.70. The number of H-pyrrole nitrogens is 1. The van der Waals surface area contributed by atoms with E-state index in [1.54, 1.807) is 13.0 Å². The summed E-state index contributed by atoms with van der Waals surface area (Å²) in [6.07, 6.45) is -5.32. The van der Waals surface area contributed by atoms with Crippen molar-refractivity contribution in [2.24, 2.45) is 0 Å². The minimum atomic E-state index is -4.92. The quantitative estimate of drug-likeness (QED) is 0.562. The van der Waals surface area contributed by atoms with Gasteiger partial charge in [-0.15, -0.1) is 0 Å². The topological polar surface area (TPSA) is 90.9 Å². The number of halogens is 4. The van der Waals surface area contributed by atoms with E-state index in [2.05, 4.69) is 20.5 Å². The Kier molecular flexibility index (Phi) is 5.64. The highest BCUT2D eigenvalue weighted by molar-refractivity contribution is 5.96. The van der Waals surface area contributed by atoms with E-state index in [0.717, 1.165) is 24.4 Å². The van der Waals surface area contributed by atoms with Crippen molar-refractivity contribution in [3.05, 3.63) is 71.4 Å². The summed E-state index contributed by atoms with van der Waals surface area (Å²) in [5.74, 6) is -1.28. The molecule has 0 saturated heterocycles. The second kappa shape index (κ2) is 8.00. The molecule has 3 aromatic rings. The maximum atomic E-state index is 13.1. The second-order valence-corrected chi connectivity index (χ2v) is 6.36. The summed E-state index contributed by atoms with van der Waals surface area (Å²) in [7, 11) is 0. The Bertz CT molecular complexity index is 988. The lowest BCUT2D eigenvalue weighted by atomic mass is 9.98. The Hall–Kier alpha value is -3.27. The van der Waals surface area contributed by atoms with Gasteiger partial charge in [-0.3, -0.25) is 14.9 Å². The van der Waals surface area contributed by atoms with E-state index in [1.165, 1.54) is 18.3 Å². The number of nitrogens with one attached hydrogen (secondary N) is 2. The number of pyridine rings is 1. The standard InChI is InChI=1S/C19H16F4N4O2/c1-10(15-4-5-25-27-15)26-18(29)13-7-11(16-3-2-14(20)9-24-16)6-12(8-13)17(28)19(21,22)23/h2-10,17,28H,1H3,(H,25,27)(H,26,29)/t10-,17?/m1/s1. The maximum Gasteiger partial charge on any atom is 0.418 e. The number of alkyl halides is 3. The van der Waals surface area contributed by atoms with Crippen LogP contribution in [0.2, 0.25) is 0 Å². The molecule has 0 aliphatic heterocycles. The monoisotopic (exact) mass is 408 g/mol. The van der Waals surface area contributed by atoms with E-state index in [1.807, 2.05) is 0 Å². The van der Waals surface area contributed by atoms with Crippen LogP contribution in [0.3, 0.4) is 0 Å². The van der Waals surface area contributed by atoms with Crippen molar-refractivity contribution >= 4 is 5.91 Å². The van der Waals surface area contributed by atoms with Gasteiger partial charge in [-0.05, 0) is 48.9 Å². The predicted molar refractivity (Wildman–Crippen MR) is 95.1 cm³/mol. The number of aromatic nitrogens is 3. The molecule has 2 heterocycles. The molecule has 2 atom stereocenters. The van der Waals surface area contributed by atoms with E-state index < -0.39 is 35.6 Å². The van der Waals surface area contributed by atoms with Gasteiger partial charge < -0.3 is 10.4 Å². The lowest BCUT2D eigenvalue weighted by molar-refractivity contribution is -0.206. The summed E-state index contributed by atoms with van der Waals surface area (Å²) in [4.78, 5) is 16.5. The highest BCUT2D eigenvalue weighted by Crippen LogP contribution is 2.35. The number of nitrogens with zero attached hydrogens (tertiary/aromatic N) is 2. The molecule has 29 heavy (non-hydrogen) atoms. The Balaban J connectivity index is 1.99. The Morgan fingerprint density at radius 1 is 1.21 bits per heavy atom. The number of carbonyl (C=O) groups is 1. The van der Waals surface area contributed by atoms with E-state index in [4.69, 9.17) is 0 Å². The normalized spacial score (nSPS) is 13.7. The molecule has 0 bridgehead atoms. The van der Waals surface area contributed by atoms with Crippen LogP contribution in [0.1, 0.15) is 40.7 Å². The van der Waals surface area contributed by atoms with E-state index in [9.17, 15) is 27.5 Å². The zero-order valence-corrected chi connectivity index (χ0v) is 15.0. The molecule has 0 fully saturated rings. The summed E-state index contributed by atoms with van der Waals surface area (Å²) < 4.78 is 52.2. The van der Waals surface area contributed by atoms with Crippen LogP contribution in [-0.4, -0.2) is 32.4 Å². The lowest BCUT2D eigenvalue weighted by Crippen LogP contribution is -2.27. The number of aromatic amines is 1. The number of rotatable bonds is 5. The first-order chi connectivity index (χ1) is 13.6. The number of aliphatic hydroxyl groups is 1. The van der Waals surface area contributed by atoms with Crippen LogP contribution in [-0.2, 0) is 0 Å². The third-order valence-electron chi connectivity index (χ3n) is 4.20. The molecule has 10 heteroatoms. The number of aliphatic hydroxyl groups excluding tert-OH is 1. The maximum absolute atomic E-state index is 13.1. The summed E-state index contributed by atoms with van der Waals surface area (Å²) in [6.45, 7) is 1.67. The smallest absolute Gasteiger partial charge is 0.379 e. The van der Waals surface area contributed by atoms with Crippen LogP contribution in [0.5, 0.6) is 0 Å². The van der Waals surface area contributed by atoms with Gasteiger partial charge in [0.1, 0.15) is 5.82 Å². The number of benzene rings is 1. The first-order valence-electron chi connectivity index (χ1n) is 8.47. The first kappa shape index (κ1) is 20.5. The van der Waals surface area contributed by atoms with Crippen molar-refractivity contribution in [3.63, 3.8) is 0 Å². The van der Waals surface area contributed by atoms with Gasteiger partial charge in [0.05, 0.1) is 23.6 Å². The number of carbonyl (C=O) groups excluding carboxylic acids is 1. The fourth-order valence-electron chi connectivity index (χ4n) is 2.69. The van der Waals surface area contributed by atoms with E-state index >= 15 is 0 Å². The van der Waals surface area contributed by atoms with Gasteiger partial charge in [-0.1, -0.05) is 0 Å². The van der Waals surface area contributed by atoms with Gasteiger partial charge >= 0.3 is 6.18 Å². The summed E-state index contributed by atoms with van der Waals surface area (Å²) in [5.41, 5.74) is 0.243. The van der Waals surface area contributed by atoms with Crippen LogP contribution in [0.25, 0.3) is 11.3 Å². The molecule has 6 nitrogen and oxygen atoms in total. The number of hydrogen-bond donors (Lipinski definition) is 3. The van der Waals surface area contributed by atoms with Crippen molar-refractivity contribution < 1.29 is 27.5 Å². The average molecular weight is 408 g/mol. The number of amides is 1. The molecule has 152 valence electrons. The minimum absolute atomic E-state index is 0.113. The lowest BCUT2D eigenvalue weighted by Gasteiger charge is -2.18. The van der Waals surface area contributed by atoms with Gasteiger partial charge in [0, 0.05) is 17.3 Å². The molecular formula is C19H16F4N4O2. The van der Waals surface area contributed by atoms with Crippen LogP contribution in [0.15, 0.2) is 48.8 Å². The molecule has 1 amide bonds. The zero-order chi connectivity index (χ0) is 21.2.